The molecule has 0 aliphatic rings. The van der Waals surface area contributed by atoms with E-state index in [1.165, 1.54) is 35.0 Å². The zero-order valence-corrected chi connectivity index (χ0v) is 19.9. The molecule has 0 saturated carbocycles. The maximum Gasteiger partial charge on any atom is 0.416 e. The van der Waals surface area contributed by atoms with Gasteiger partial charge in [-0.25, -0.2) is 4.98 Å². The van der Waals surface area contributed by atoms with Gasteiger partial charge in [-0.05, 0) is 42.3 Å². The van der Waals surface area contributed by atoms with Crippen LogP contribution in [0.1, 0.15) is 29.7 Å². The number of aromatic nitrogens is 2. The molecule has 6 nitrogen and oxygen atoms in total. The van der Waals surface area contributed by atoms with Gasteiger partial charge in [-0.3, -0.25) is 9.20 Å². The number of hydrogen-bond acceptors (Lipinski definition) is 6. The fraction of sp³-hybridized carbons (Fsp3) is 0.192. The lowest BCUT2D eigenvalue weighted by Gasteiger charge is -2.13. The van der Waals surface area contributed by atoms with Crippen LogP contribution >= 0.6 is 11.3 Å². The van der Waals surface area contributed by atoms with Crippen molar-refractivity contribution < 1.29 is 22.6 Å². The van der Waals surface area contributed by atoms with Gasteiger partial charge in [0.1, 0.15) is 0 Å². The van der Waals surface area contributed by atoms with E-state index in [2.05, 4.69) is 11.1 Å². The van der Waals surface area contributed by atoms with Crippen LogP contribution in [0.3, 0.4) is 0 Å². The molecule has 0 unspecified atom stereocenters. The van der Waals surface area contributed by atoms with Crippen molar-refractivity contribution in [2.75, 3.05) is 13.7 Å². The highest BCUT2D eigenvalue weighted by Crippen LogP contribution is 2.34. The average molecular weight is 512 g/mol. The van der Waals surface area contributed by atoms with E-state index in [1.54, 1.807) is 41.9 Å². The summed E-state index contributed by atoms with van der Waals surface area (Å²) in [7, 11) is 1.51. The van der Waals surface area contributed by atoms with Gasteiger partial charge in [0.25, 0.3) is 5.56 Å². The third-order valence-electron chi connectivity index (χ3n) is 5.32. The van der Waals surface area contributed by atoms with E-state index in [4.69, 9.17) is 14.7 Å². The van der Waals surface area contributed by atoms with Crippen LogP contribution in [-0.2, 0) is 6.18 Å². The molecule has 0 saturated heterocycles. The van der Waals surface area contributed by atoms with Crippen molar-refractivity contribution in [1.82, 2.24) is 9.38 Å². The fourth-order valence-corrected chi connectivity index (χ4v) is 4.30. The first-order valence-corrected chi connectivity index (χ1v) is 11.7. The molecule has 4 aromatic rings. The molecule has 2 heterocycles. The van der Waals surface area contributed by atoms with Crippen LogP contribution in [0.15, 0.2) is 58.8 Å². The molecule has 4 rings (SSSR count). The molecule has 2 aromatic heterocycles. The largest absolute Gasteiger partial charge is 0.493 e. The summed E-state index contributed by atoms with van der Waals surface area (Å²) >= 11 is 1.27. The quantitative estimate of drug-likeness (QED) is 0.259. The summed E-state index contributed by atoms with van der Waals surface area (Å²) in [6.45, 7) is 0.312. The molecule has 0 aliphatic heterocycles. The van der Waals surface area contributed by atoms with E-state index in [0.717, 1.165) is 12.1 Å². The minimum Gasteiger partial charge on any atom is -0.493 e. The molecule has 0 aliphatic carbocycles. The number of unbranched alkanes of at least 4 members (excludes halogenated alkanes) is 1. The van der Waals surface area contributed by atoms with Gasteiger partial charge in [0.2, 0.25) is 0 Å². The molecule has 0 amide bonds. The van der Waals surface area contributed by atoms with Gasteiger partial charge in [-0.1, -0.05) is 24.3 Å². The molecule has 0 atom stereocenters. The molecule has 0 bridgehead atoms. The van der Waals surface area contributed by atoms with Gasteiger partial charge in [-0.15, -0.1) is 11.3 Å². The smallest absolute Gasteiger partial charge is 0.416 e. The molecular weight excluding hydrogens is 491 g/mol. The van der Waals surface area contributed by atoms with Crippen LogP contribution < -0.4 is 15.0 Å². The Balaban J connectivity index is 1.79. The Morgan fingerprint density at radius 1 is 1.17 bits per heavy atom. The van der Waals surface area contributed by atoms with E-state index in [1.807, 2.05) is 0 Å². The van der Waals surface area contributed by atoms with Crippen LogP contribution in [0, 0.1) is 11.3 Å². The lowest BCUT2D eigenvalue weighted by atomic mass is 10.0. The van der Waals surface area contributed by atoms with Gasteiger partial charge in [0, 0.05) is 23.6 Å². The summed E-state index contributed by atoms with van der Waals surface area (Å²) in [4.78, 5) is 18.3. The number of hydrogen-bond donors (Lipinski definition) is 0. The van der Waals surface area contributed by atoms with Gasteiger partial charge in [0.05, 0.1) is 36.6 Å². The third kappa shape index (κ3) is 5.26. The van der Waals surface area contributed by atoms with Crippen LogP contribution in [0.4, 0.5) is 13.2 Å². The first-order valence-electron chi connectivity index (χ1n) is 10.9. The Hall–Kier alpha value is -4.10. The number of nitrogens with zero attached hydrogens (tertiary/aromatic N) is 3. The lowest BCUT2D eigenvalue weighted by molar-refractivity contribution is -0.137. The number of nitriles is 1. The average Bonchev–Trinajstić information content (AvgIpc) is 3.34. The lowest BCUT2D eigenvalue weighted by Crippen LogP contribution is -2.17. The number of para-hydroxylation sites is 1. The van der Waals surface area contributed by atoms with Crippen molar-refractivity contribution >= 4 is 28.4 Å². The fourth-order valence-electron chi connectivity index (χ4n) is 3.59. The normalized spacial score (nSPS) is 11.6. The highest BCUT2D eigenvalue weighted by molar-refractivity contribution is 7.15. The Bertz CT molecular complexity index is 1500. The standard InChI is InChI=1S/C26H20F3N3O3S/c1-34-21-6-4-5-18(23(21)35-15-3-2-13-30)9-12-20-22(24(33)32-14-16-36-25(32)31-20)17-7-10-19(11-8-17)26(27,28)29/h4-12,14,16H,2-3,15H2,1H3. The van der Waals surface area contributed by atoms with Crippen LogP contribution in [0.5, 0.6) is 11.5 Å². The molecule has 0 N–H and O–H groups in total. The number of halogens is 3. The van der Waals surface area contributed by atoms with Crippen LogP contribution in [-0.4, -0.2) is 23.1 Å². The summed E-state index contributed by atoms with van der Waals surface area (Å²) in [5, 5.41) is 10.5. The Kier molecular flexibility index (Phi) is 7.41. The summed E-state index contributed by atoms with van der Waals surface area (Å²) in [6.07, 6.45) is 1.33. The molecule has 2 aromatic carbocycles. The number of methoxy groups -OCH3 is 1. The second-order valence-electron chi connectivity index (χ2n) is 7.63. The molecule has 0 fully saturated rings. The predicted octanol–water partition coefficient (Wildman–Crippen LogP) is 6.30. The molecule has 0 radical (unpaired) electrons. The Morgan fingerprint density at radius 3 is 2.64 bits per heavy atom. The van der Waals surface area contributed by atoms with Crippen molar-refractivity contribution in [3.63, 3.8) is 0 Å². The van der Waals surface area contributed by atoms with Crippen LogP contribution in [0.2, 0.25) is 0 Å². The second kappa shape index (κ2) is 10.7. The number of benzene rings is 2. The number of rotatable bonds is 8. The van der Waals surface area contributed by atoms with Gasteiger partial charge in [0.15, 0.2) is 16.5 Å². The second-order valence-corrected chi connectivity index (χ2v) is 8.50. The maximum atomic E-state index is 13.3. The van der Waals surface area contributed by atoms with E-state index < -0.39 is 11.7 Å². The van der Waals surface area contributed by atoms with Crippen molar-refractivity contribution in [3.05, 3.63) is 81.2 Å². The van der Waals surface area contributed by atoms with Gasteiger partial charge in [-0.2, -0.15) is 18.4 Å². The summed E-state index contributed by atoms with van der Waals surface area (Å²) in [6, 6.07) is 11.8. The highest BCUT2D eigenvalue weighted by atomic mass is 32.1. The number of fused-ring (bicyclic) bond motifs is 1. The first kappa shape index (κ1) is 25.0. The van der Waals surface area contributed by atoms with Gasteiger partial charge < -0.3 is 9.47 Å². The van der Waals surface area contributed by atoms with Crippen molar-refractivity contribution in [2.24, 2.45) is 0 Å². The zero-order valence-electron chi connectivity index (χ0n) is 19.1. The Morgan fingerprint density at radius 2 is 1.94 bits per heavy atom. The zero-order chi connectivity index (χ0) is 25.7. The molecular formula is C26H20F3N3O3S. The summed E-state index contributed by atoms with van der Waals surface area (Å²) in [5.41, 5.74) is 0.259. The minimum absolute atomic E-state index is 0.176. The SMILES string of the molecule is COc1cccc(C=Cc2nc3sccn3c(=O)c2-c2ccc(C(F)(F)F)cc2)c1OCCCC#N. The molecule has 10 heteroatoms. The topological polar surface area (TPSA) is 76.6 Å². The van der Waals surface area contributed by atoms with Crippen molar-refractivity contribution in [1.29, 1.82) is 5.26 Å². The van der Waals surface area contributed by atoms with Crippen molar-refractivity contribution in [2.45, 2.75) is 19.0 Å². The van der Waals surface area contributed by atoms with Crippen LogP contribution in [0.25, 0.3) is 28.2 Å². The predicted molar refractivity (Wildman–Crippen MR) is 132 cm³/mol. The summed E-state index contributed by atoms with van der Waals surface area (Å²) in [5.74, 6) is 0.970. The van der Waals surface area contributed by atoms with E-state index in [-0.39, 0.29) is 11.1 Å². The minimum atomic E-state index is -4.48. The number of ether oxygens (including phenoxy) is 2. The summed E-state index contributed by atoms with van der Waals surface area (Å²) < 4.78 is 51.8. The Labute approximate surface area is 208 Å². The van der Waals surface area contributed by atoms with E-state index >= 15 is 0 Å². The highest BCUT2D eigenvalue weighted by Gasteiger charge is 2.30. The van der Waals surface area contributed by atoms with E-state index in [0.29, 0.717) is 52.7 Å². The van der Waals surface area contributed by atoms with E-state index in [9.17, 15) is 18.0 Å². The van der Waals surface area contributed by atoms with Crippen molar-refractivity contribution in [3.8, 4) is 28.7 Å². The van der Waals surface area contributed by atoms with Gasteiger partial charge >= 0.3 is 6.18 Å². The first-order chi connectivity index (χ1) is 17.3. The molecule has 36 heavy (non-hydrogen) atoms. The number of thiazole rings is 1. The molecule has 184 valence electrons. The maximum absolute atomic E-state index is 13.3. The monoisotopic (exact) mass is 511 g/mol. The number of alkyl halides is 3. The molecule has 0 spiro atoms. The third-order valence-corrected chi connectivity index (χ3v) is 6.08.